The van der Waals surface area contributed by atoms with Gasteiger partial charge in [-0.15, -0.1) is 0 Å². The first-order chi connectivity index (χ1) is 8.22. The van der Waals surface area contributed by atoms with Crippen molar-refractivity contribution in [3.8, 4) is 5.75 Å². The van der Waals surface area contributed by atoms with Gasteiger partial charge in [0, 0.05) is 6.92 Å². The third-order valence-corrected chi connectivity index (χ3v) is 3.83. The van der Waals surface area contributed by atoms with Gasteiger partial charge in [0.2, 0.25) is 0 Å². The van der Waals surface area contributed by atoms with Gasteiger partial charge in [0.15, 0.2) is 0 Å². The normalized spacial score (nSPS) is 29.6. The molecule has 3 rings (SSSR count). The minimum Gasteiger partial charge on any atom is -0.427 e. The average molecular weight is 228 g/mol. The van der Waals surface area contributed by atoms with Crippen molar-refractivity contribution in [3.63, 3.8) is 0 Å². The molecule has 0 radical (unpaired) electrons. The number of hydrogen-bond acceptors (Lipinski definition) is 2. The quantitative estimate of drug-likeness (QED) is 0.441. The maximum Gasteiger partial charge on any atom is 0.308 e. The lowest BCUT2D eigenvalue weighted by Gasteiger charge is -2.18. The fourth-order valence-corrected chi connectivity index (χ4v) is 3.14. The predicted octanol–water partition coefficient (Wildman–Crippen LogP) is 3.29. The zero-order valence-corrected chi connectivity index (χ0v) is 9.93. The molecule has 2 heteroatoms. The SMILES string of the molecule is CC(=O)Oc1cccc(C2CC3C=CC2C3)c1. The Morgan fingerprint density at radius 1 is 1.29 bits per heavy atom. The summed E-state index contributed by atoms with van der Waals surface area (Å²) in [4.78, 5) is 10.9. The zero-order chi connectivity index (χ0) is 11.8. The third-order valence-electron chi connectivity index (χ3n) is 3.83. The van der Waals surface area contributed by atoms with Crippen molar-refractivity contribution in [2.45, 2.75) is 25.7 Å². The van der Waals surface area contributed by atoms with E-state index in [1.165, 1.54) is 25.3 Å². The molecule has 1 aromatic carbocycles. The molecule has 88 valence electrons. The minimum absolute atomic E-state index is 0.255. The Morgan fingerprint density at radius 3 is 2.82 bits per heavy atom. The van der Waals surface area contributed by atoms with Gasteiger partial charge in [0.05, 0.1) is 0 Å². The predicted molar refractivity (Wildman–Crippen MR) is 65.8 cm³/mol. The second-order valence-corrected chi connectivity index (χ2v) is 5.05. The van der Waals surface area contributed by atoms with Crippen LogP contribution in [0.3, 0.4) is 0 Å². The number of carbonyl (C=O) groups excluding carboxylic acids is 1. The molecule has 3 atom stereocenters. The summed E-state index contributed by atoms with van der Waals surface area (Å²) in [6, 6.07) is 7.98. The number of benzene rings is 1. The molecule has 17 heavy (non-hydrogen) atoms. The third kappa shape index (κ3) is 1.99. The summed E-state index contributed by atoms with van der Waals surface area (Å²) in [5.41, 5.74) is 1.31. The largest absolute Gasteiger partial charge is 0.427 e. The molecular formula is C15H16O2. The molecular weight excluding hydrogens is 212 g/mol. The number of esters is 1. The Kier molecular flexibility index (Phi) is 2.50. The minimum atomic E-state index is -0.255. The molecule has 0 N–H and O–H groups in total. The van der Waals surface area contributed by atoms with Crippen molar-refractivity contribution >= 4 is 5.97 Å². The lowest BCUT2D eigenvalue weighted by molar-refractivity contribution is -0.131. The van der Waals surface area contributed by atoms with Crippen molar-refractivity contribution in [1.29, 1.82) is 0 Å². The Labute approximate surface area is 101 Å². The Balaban J connectivity index is 1.83. The summed E-state index contributed by atoms with van der Waals surface area (Å²) in [7, 11) is 0. The van der Waals surface area contributed by atoms with E-state index in [1.807, 2.05) is 18.2 Å². The molecule has 0 saturated heterocycles. The molecule has 0 amide bonds. The second kappa shape index (κ2) is 4.02. The van der Waals surface area contributed by atoms with Crippen LogP contribution in [-0.2, 0) is 4.79 Å². The number of fused-ring (bicyclic) bond motifs is 2. The van der Waals surface area contributed by atoms with Crippen LogP contribution in [0.25, 0.3) is 0 Å². The van der Waals surface area contributed by atoms with Crippen molar-refractivity contribution in [2.24, 2.45) is 11.8 Å². The summed E-state index contributed by atoms with van der Waals surface area (Å²) < 4.78 is 5.14. The van der Waals surface area contributed by atoms with Gasteiger partial charge in [-0.2, -0.15) is 0 Å². The number of hydrogen-bond donors (Lipinski definition) is 0. The molecule has 3 unspecified atom stereocenters. The van der Waals surface area contributed by atoms with E-state index in [-0.39, 0.29) is 5.97 Å². The molecule has 0 spiro atoms. The monoisotopic (exact) mass is 228 g/mol. The highest BCUT2D eigenvalue weighted by molar-refractivity contribution is 5.69. The highest BCUT2D eigenvalue weighted by Crippen LogP contribution is 2.49. The Bertz CT molecular complexity index is 476. The fraction of sp³-hybridized carbons (Fsp3) is 0.400. The lowest BCUT2D eigenvalue weighted by Crippen LogP contribution is -2.06. The Morgan fingerprint density at radius 2 is 2.18 bits per heavy atom. The molecule has 2 bridgehead atoms. The highest BCUT2D eigenvalue weighted by Gasteiger charge is 2.36. The maximum absolute atomic E-state index is 10.9. The molecule has 2 aliphatic carbocycles. The van der Waals surface area contributed by atoms with Crippen LogP contribution in [0, 0.1) is 11.8 Å². The van der Waals surface area contributed by atoms with Crippen LogP contribution in [-0.4, -0.2) is 5.97 Å². The highest BCUT2D eigenvalue weighted by atomic mass is 16.5. The summed E-state index contributed by atoms with van der Waals surface area (Å²) >= 11 is 0. The van der Waals surface area contributed by atoms with Crippen LogP contribution in [0.15, 0.2) is 36.4 Å². The van der Waals surface area contributed by atoms with Crippen LogP contribution in [0.4, 0.5) is 0 Å². The summed E-state index contributed by atoms with van der Waals surface area (Å²) in [6.07, 6.45) is 7.22. The molecule has 0 heterocycles. The van der Waals surface area contributed by atoms with E-state index in [0.29, 0.717) is 17.6 Å². The first kappa shape index (κ1) is 10.6. The van der Waals surface area contributed by atoms with Crippen molar-refractivity contribution in [1.82, 2.24) is 0 Å². The van der Waals surface area contributed by atoms with Gasteiger partial charge in [-0.3, -0.25) is 4.79 Å². The molecule has 0 aromatic heterocycles. The lowest BCUT2D eigenvalue weighted by atomic mass is 9.87. The van der Waals surface area contributed by atoms with Gasteiger partial charge in [0.1, 0.15) is 5.75 Å². The van der Waals surface area contributed by atoms with Crippen LogP contribution >= 0.6 is 0 Å². The van der Waals surface area contributed by atoms with E-state index in [4.69, 9.17) is 4.74 Å². The Hall–Kier alpha value is -1.57. The van der Waals surface area contributed by atoms with Crippen LogP contribution in [0.5, 0.6) is 5.75 Å². The number of carbonyl (C=O) groups is 1. The van der Waals surface area contributed by atoms with Gasteiger partial charge >= 0.3 is 5.97 Å². The first-order valence-electron chi connectivity index (χ1n) is 6.19. The van der Waals surface area contributed by atoms with E-state index in [1.54, 1.807) is 0 Å². The topological polar surface area (TPSA) is 26.3 Å². The zero-order valence-electron chi connectivity index (χ0n) is 9.93. The van der Waals surface area contributed by atoms with E-state index in [9.17, 15) is 4.79 Å². The second-order valence-electron chi connectivity index (χ2n) is 5.05. The average Bonchev–Trinajstić information content (AvgIpc) is 2.90. The van der Waals surface area contributed by atoms with E-state index >= 15 is 0 Å². The molecule has 2 nitrogen and oxygen atoms in total. The number of allylic oxidation sites excluding steroid dienone is 2. The van der Waals surface area contributed by atoms with E-state index in [0.717, 1.165) is 5.92 Å². The summed E-state index contributed by atoms with van der Waals surface area (Å²) in [5.74, 6) is 2.48. The van der Waals surface area contributed by atoms with Gasteiger partial charge in [-0.25, -0.2) is 0 Å². The first-order valence-corrected chi connectivity index (χ1v) is 6.19. The van der Waals surface area contributed by atoms with Gasteiger partial charge in [0.25, 0.3) is 0 Å². The smallest absolute Gasteiger partial charge is 0.308 e. The molecule has 0 aliphatic heterocycles. The number of ether oxygens (including phenoxy) is 1. The molecule has 1 saturated carbocycles. The van der Waals surface area contributed by atoms with Crippen LogP contribution in [0.1, 0.15) is 31.2 Å². The van der Waals surface area contributed by atoms with E-state index < -0.39 is 0 Å². The van der Waals surface area contributed by atoms with Gasteiger partial charge in [-0.05, 0) is 48.3 Å². The summed E-state index contributed by atoms with van der Waals surface area (Å²) in [6.45, 7) is 1.44. The molecule has 2 aliphatic rings. The van der Waals surface area contributed by atoms with Crippen LogP contribution < -0.4 is 4.74 Å². The maximum atomic E-state index is 10.9. The summed E-state index contributed by atoms with van der Waals surface area (Å²) in [5, 5.41) is 0. The van der Waals surface area contributed by atoms with Gasteiger partial charge in [-0.1, -0.05) is 24.3 Å². The molecule has 1 fully saturated rings. The standard InChI is InChI=1S/C15H16O2/c1-10(16)17-14-4-2-3-12(9-14)15-8-11-5-6-13(15)7-11/h2-6,9,11,13,15H,7-8H2,1H3. The fourth-order valence-electron chi connectivity index (χ4n) is 3.14. The van der Waals surface area contributed by atoms with Crippen molar-refractivity contribution in [2.75, 3.05) is 0 Å². The van der Waals surface area contributed by atoms with E-state index in [2.05, 4.69) is 18.2 Å². The van der Waals surface area contributed by atoms with Crippen molar-refractivity contribution < 1.29 is 9.53 Å². The van der Waals surface area contributed by atoms with Crippen molar-refractivity contribution in [3.05, 3.63) is 42.0 Å². The number of rotatable bonds is 2. The molecule has 1 aromatic rings. The van der Waals surface area contributed by atoms with Gasteiger partial charge < -0.3 is 4.74 Å². The van der Waals surface area contributed by atoms with Crippen LogP contribution in [0.2, 0.25) is 0 Å².